The molecular formula is C15H15BrN2O3. The molecule has 5 nitrogen and oxygen atoms in total. The quantitative estimate of drug-likeness (QED) is 0.897. The molecule has 21 heavy (non-hydrogen) atoms. The molecule has 0 spiro atoms. The van der Waals surface area contributed by atoms with E-state index in [-0.39, 0.29) is 5.82 Å². The number of aromatic nitrogens is 2. The highest BCUT2D eigenvalue weighted by molar-refractivity contribution is 9.10. The summed E-state index contributed by atoms with van der Waals surface area (Å²) < 4.78 is 5.68. The van der Waals surface area contributed by atoms with Gasteiger partial charge >= 0.3 is 5.97 Å². The molecule has 0 saturated carbocycles. The summed E-state index contributed by atoms with van der Waals surface area (Å²) in [5.74, 6) is -1.20. The number of carbonyl (C=O) groups is 1. The Bertz CT molecular complexity index is 644. The molecular weight excluding hydrogens is 336 g/mol. The summed E-state index contributed by atoms with van der Waals surface area (Å²) in [6.45, 7) is 1.99. The van der Waals surface area contributed by atoms with Crippen LogP contribution in [0.25, 0.3) is 0 Å². The van der Waals surface area contributed by atoms with Crippen molar-refractivity contribution in [3.05, 3.63) is 51.9 Å². The van der Waals surface area contributed by atoms with Gasteiger partial charge in [-0.05, 0) is 34.8 Å². The minimum absolute atomic E-state index is 0.239. The van der Waals surface area contributed by atoms with E-state index in [1.54, 1.807) is 0 Å². The van der Waals surface area contributed by atoms with Crippen molar-refractivity contribution in [2.45, 2.75) is 19.3 Å². The summed E-state index contributed by atoms with van der Waals surface area (Å²) in [6.07, 6.45) is 1.84. The van der Waals surface area contributed by atoms with Crippen LogP contribution < -0.4 is 4.74 Å². The van der Waals surface area contributed by atoms with Gasteiger partial charge in [-0.15, -0.1) is 0 Å². The second-order valence-corrected chi connectivity index (χ2v) is 5.52. The van der Waals surface area contributed by atoms with Crippen molar-refractivity contribution in [2.75, 3.05) is 7.11 Å². The van der Waals surface area contributed by atoms with E-state index in [0.29, 0.717) is 16.8 Å². The summed E-state index contributed by atoms with van der Waals surface area (Å²) in [6, 6.07) is 7.75. The minimum atomic E-state index is -0.958. The van der Waals surface area contributed by atoms with E-state index >= 15 is 0 Å². The van der Waals surface area contributed by atoms with Crippen LogP contribution in [0, 0.1) is 6.92 Å². The fraction of sp³-hybridized carbons (Fsp3) is 0.267. The van der Waals surface area contributed by atoms with Crippen molar-refractivity contribution in [1.82, 2.24) is 9.97 Å². The fourth-order valence-corrected chi connectivity index (χ4v) is 2.28. The molecule has 1 aromatic carbocycles. The number of methoxy groups -OCH3 is 1. The molecule has 1 aromatic heterocycles. The van der Waals surface area contributed by atoms with Crippen molar-refractivity contribution in [2.24, 2.45) is 0 Å². The molecule has 0 saturated heterocycles. The van der Waals surface area contributed by atoms with Gasteiger partial charge in [0.1, 0.15) is 11.7 Å². The zero-order valence-corrected chi connectivity index (χ0v) is 13.3. The molecule has 0 bridgehead atoms. The third kappa shape index (κ3) is 3.78. The molecule has 1 heterocycles. The zero-order valence-electron chi connectivity index (χ0n) is 11.7. The Balaban J connectivity index is 2.30. The SMILES string of the molecule is COc1nc(C(Cc2ccc(C)cc2)C(=O)O)ncc1Br. The molecule has 2 aromatic rings. The van der Waals surface area contributed by atoms with Crippen LogP contribution in [0.2, 0.25) is 0 Å². The highest BCUT2D eigenvalue weighted by Crippen LogP contribution is 2.25. The second kappa shape index (κ2) is 6.67. The summed E-state index contributed by atoms with van der Waals surface area (Å²) in [4.78, 5) is 19.8. The molecule has 110 valence electrons. The van der Waals surface area contributed by atoms with Crippen LogP contribution in [0.15, 0.2) is 34.9 Å². The Labute approximate surface area is 131 Å². The average molecular weight is 351 g/mol. The molecule has 0 aliphatic rings. The number of aliphatic carboxylic acids is 1. The first-order chi connectivity index (χ1) is 10.0. The lowest BCUT2D eigenvalue weighted by molar-refractivity contribution is -0.139. The van der Waals surface area contributed by atoms with Gasteiger partial charge in [-0.3, -0.25) is 4.79 Å². The van der Waals surface area contributed by atoms with E-state index in [1.807, 2.05) is 31.2 Å². The summed E-state index contributed by atoms with van der Waals surface area (Å²) in [7, 11) is 1.48. The van der Waals surface area contributed by atoms with E-state index in [0.717, 1.165) is 11.1 Å². The first kappa shape index (κ1) is 15.4. The van der Waals surface area contributed by atoms with Gasteiger partial charge < -0.3 is 9.84 Å². The molecule has 0 amide bonds. The van der Waals surface area contributed by atoms with E-state index in [4.69, 9.17) is 4.74 Å². The number of rotatable bonds is 5. The third-order valence-corrected chi connectivity index (χ3v) is 3.64. The number of ether oxygens (including phenoxy) is 1. The standard InChI is InChI=1S/C15H15BrN2O3/c1-9-3-5-10(6-4-9)7-11(15(19)20)13-17-8-12(16)14(18-13)21-2/h3-6,8,11H,7H2,1-2H3,(H,19,20). The number of hydrogen-bond donors (Lipinski definition) is 1. The number of hydrogen-bond acceptors (Lipinski definition) is 4. The topological polar surface area (TPSA) is 72.3 Å². The molecule has 0 fully saturated rings. The zero-order chi connectivity index (χ0) is 15.4. The number of aryl methyl sites for hydroxylation is 1. The molecule has 1 atom stereocenters. The summed E-state index contributed by atoms with van der Waals surface area (Å²) in [5, 5.41) is 9.44. The summed E-state index contributed by atoms with van der Waals surface area (Å²) >= 11 is 3.25. The van der Waals surface area contributed by atoms with E-state index in [2.05, 4.69) is 25.9 Å². The van der Waals surface area contributed by atoms with Crippen LogP contribution in [-0.2, 0) is 11.2 Å². The van der Waals surface area contributed by atoms with Crippen LogP contribution >= 0.6 is 15.9 Å². The van der Waals surface area contributed by atoms with Crippen molar-refractivity contribution in [3.63, 3.8) is 0 Å². The predicted octanol–water partition coefficient (Wildman–Crippen LogP) is 2.97. The number of benzene rings is 1. The molecule has 1 unspecified atom stereocenters. The molecule has 2 rings (SSSR count). The van der Waals surface area contributed by atoms with Gasteiger partial charge in [-0.2, -0.15) is 4.98 Å². The normalized spacial score (nSPS) is 12.0. The Morgan fingerprint density at radius 3 is 2.62 bits per heavy atom. The Hall–Kier alpha value is -1.95. The smallest absolute Gasteiger partial charge is 0.314 e. The number of carboxylic acids is 1. The molecule has 1 N–H and O–H groups in total. The lowest BCUT2D eigenvalue weighted by Gasteiger charge is -2.12. The van der Waals surface area contributed by atoms with Gasteiger partial charge in [-0.25, -0.2) is 4.98 Å². The maximum absolute atomic E-state index is 11.5. The summed E-state index contributed by atoms with van der Waals surface area (Å²) in [5.41, 5.74) is 2.06. The third-order valence-electron chi connectivity index (χ3n) is 3.09. The first-order valence-electron chi connectivity index (χ1n) is 6.36. The van der Waals surface area contributed by atoms with Crippen LogP contribution in [0.3, 0.4) is 0 Å². The maximum Gasteiger partial charge on any atom is 0.314 e. The van der Waals surface area contributed by atoms with Gasteiger partial charge in [0.2, 0.25) is 5.88 Å². The van der Waals surface area contributed by atoms with Crippen LogP contribution in [0.1, 0.15) is 22.9 Å². The van der Waals surface area contributed by atoms with Gasteiger partial charge in [0.25, 0.3) is 0 Å². The average Bonchev–Trinajstić information content (AvgIpc) is 2.47. The van der Waals surface area contributed by atoms with E-state index in [1.165, 1.54) is 13.3 Å². The van der Waals surface area contributed by atoms with Crippen LogP contribution in [-0.4, -0.2) is 28.2 Å². The maximum atomic E-state index is 11.5. The number of nitrogens with zero attached hydrogens (tertiary/aromatic N) is 2. The van der Waals surface area contributed by atoms with Gasteiger partial charge in [0, 0.05) is 6.20 Å². The Morgan fingerprint density at radius 1 is 1.38 bits per heavy atom. The van der Waals surface area contributed by atoms with Gasteiger partial charge in [0.05, 0.1) is 11.6 Å². The van der Waals surface area contributed by atoms with Gasteiger partial charge in [0.15, 0.2) is 0 Å². The Morgan fingerprint density at radius 2 is 2.05 bits per heavy atom. The van der Waals surface area contributed by atoms with Crippen molar-refractivity contribution in [3.8, 4) is 5.88 Å². The van der Waals surface area contributed by atoms with Crippen LogP contribution in [0.5, 0.6) is 5.88 Å². The first-order valence-corrected chi connectivity index (χ1v) is 7.15. The number of halogens is 1. The molecule has 0 radical (unpaired) electrons. The molecule has 6 heteroatoms. The van der Waals surface area contributed by atoms with Crippen LogP contribution in [0.4, 0.5) is 0 Å². The predicted molar refractivity (Wildman–Crippen MR) is 81.5 cm³/mol. The highest BCUT2D eigenvalue weighted by atomic mass is 79.9. The molecule has 0 aliphatic carbocycles. The highest BCUT2D eigenvalue weighted by Gasteiger charge is 2.24. The largest absolute Gasteiger partial charge is 0.481 e. The van der Waals surface area contributed by atoms with Gasteiger partial charge in [-0.1, -0.05) is 29.8 Å². The van der Waals surface area contributed by atoms with Crippen molar-refractivity contribution < 1.29 is 14.6 Å². The monoisotopic (exact) mass is 350 g/mol. The fourth-order valence-electron chi connectivity index (χ4n) is 1.92. The van der Waals surface area contributed by atoms with E-state index in [9.17, 15) is 9.90 Å². The van der Waals surface area contributed by atoms with E-state index < -0.39 is 11.9 Å². The Kier molecular flexibility index (Phi) is 4.90. The second-order valence-electron chi connectivity index (χ2n) is 4.67. The molecule has 0 aliphatic heterocycles. The lowest BCUT2D eigenvalue weighted by Crippen LogP contribution is -2.17. The van der Waals surface area contributed by atoms with Crippen molar-refractivity contribution in [1.29, 1.82) is 0 Å². The number of carboxylic acid groups (broad SMARTS) is 1. The van der Waals surface area contributed by atoms with Crippen molar-refractivity contribution >= 4 is 21.9 Å². The lowest BCUT2D eigenvalue weighted by atomic mass is 9.98. The minimum Gasteiger partial charge on any atom is -0.481 e.